The summed E-state index contributed by atoms with van der Waals surface area (Å²) in [5, 5.41) is 0. The van der Waals surface area contributed by atoms with Gasteiger partial charge in [0.2, 0.25) is 0 Å². The number of rotatable bonds is 4. The van der Waals surface area contributed by atoms with Gasteiger partial charge in [-0.3, -0.25) is 4.55 Å². The molecule has 0 aliphatic rings. The minimum atomic E-state index is -3.91. The fraction of sp³-hybridized carbons (Fsp3) is 0.375. The van der Waals surface area contributed by atoms with Crippen LogP contribution in [0.5, 0.6) is 0 Å². The van der Waals surface area contributed by atoms with Crippen molar-refractivity contribution in [1.82, 2.24) is 9.55 Å². The summed E-state index contributed by atoms with van der Waals surface area (Å²) in [5.41, 5.74) is 0.612. The second kappa shape index (κ2) is 4.39. The van der Waals surface area contributed by atoms with Gasteiger partial charge in [-0.1, -0.05) is 11.6 Å². The molecule has 0 fully saturated rings. The largest absolute Gasteiger partial charge is 0.334 e. The Balaban J connectivity index is 2.54. The number of nitrogens with zero attached hydrogens (tertiary/aromatic N) is 2. The van der Waals surface area contributed by atoms with Crippen molar-refractivity contribution in [2.24, 2.45) is 0 Å². The third-order valence-electron chi connectivity index (χ3n) is 1.62. The van der Waals surface area contributed by atoms with Gasteiger partial charge in [-0.15, -0.1) is 0 Å². The standard InChI is InChI=1S/C8H12N2O3S/c1-8(6-14(11,12)13)2-4-10-5-3-9-7-10/h2-3,5,7H,4,6H2,1H3,(H,11,12,13)/b8-2+. The molecule has 1 aromatic heterocycles. The number of hydrogen-bond acceptors (Lipinski definition) is 3. The number of imidazole rings is 1. The summed E-state index contributed by atoms with van der Waals surface area (Å²) in [4.78, 5) is 3.84. The monoisotopic (exact) mass is 216 g/mol. The molecule has 78 valence electrons. The van der Waals surface area contributed by atoms with Gasteiger partial charge < -0.3 is 4.57 Å². The molecule has 0 aromatic carbocycles. The molecular weight excluding hydrogens is 204 g/mol. The van der Waals surface area contributed by atoms with Crippen molar-refractivity contribution in [2.45, 2.75) is 13.5 Å². The zero-order valence-corrected chi connectivity index (χ0v) is 8.61. The highest BCUT2D eigenvalue weighted by atomic mass is 32.2. The van der Waals surface area contributed by atoms with Crippen LogP contribution >= 0.6 is 0 Å². The van der Waals surface area contributed by atoms with E-state index in [1.807, 2.05) is 0 Å². The molecule has 0 spiro atoms. The van der Waals surface area contributed by atoms with E-state index in [9.17, 15) is 8.42 Å². The summed E-state index contributed by atoms with van der Waals surface area (Å²) < 4.78 is 31.4. The van der Waals surface area contributed by atoms with E-state index < -0.39 is 10.1 Å². The van der Waals surface area contributed by atoms with E-state index in [-0.39, 0.29) is 5.75 Å². The molecule has 1 rings (SSSR count). The van der Waals surface area contributed by atoms with Crippen LogP contribution in [0.4, 0.5) is 0 Å². The normalized spacial score (nSPS) is 13.1. The fourth-order valence-electron chi connectivity index (χ4n) is 1.00. The lowest BCUT2D eigenvalue weighted by Crippen LogP contribution is -2.05. The smallest absolute Gasteiger partial charge is 0.268 e. The van der Waals surface area contributed by atoms with Crippen LogP contribution in [0.25, 0.3) is 0 Å². The molecular formula is C8H12N2O3S. The first-order valence-corrected chi connectivity index (χ1v) is 5.65. The predicted octanol–water partition coefficient (Wildman–Crippen LogP) is 0.717. The Labute approximate surface area is 82.8 Å². The maximum Gasteiger partial charge on any atom is 0.268 e. The number of hydrogen-bond donors (Lipinski definition) is 1. The summed E-state index contributed by atoms with van der Waals surface area (Å²) in [6.07, 6.45) is 6.79. The predicted molar refractivity (Wildman–Crippen MR) is 52.4 cm³/mol. The van der Waals surface area contributed by atoms with Gasteiger partial charge >= 0.3 is 0 Å². The minimum Gasteiger partial charge on any atom is -0.334 e. The van der Waals surface area contributed by atoms with Crippen LogP contribution in [-0.2, 0) is 16.7 Å². The lowest BCUT2D eigenvalue weighted by Gasteiger charge is -1.99. The quantitative estimate of drug-likeness (QED) is 0.594. The van der Waals surface area contributed by atoms with Crippen molar-refractivity contribution in [2.75, 3.05) is 5.75 Å². The first kappa shape index (κ1) is 10.9. The summed E-state index contributed by atoms with van der Waals surface area (Å²) in [6, 6.07) is 0. The molecule has 0 bridgehead atoms. The van der Waals surface area contributed by atoms with E-state index in [1.54, 1.807) is 36.3 Å². The van der Waals surface area contributed by atoms with Crippen molar-refractivity contribution in [3.63, 3.8) is 0 Å². The van der Waals surface area contributed by atoms with Gasteiger partial charge in [0, 0.05) is 18.9 Å². The van der Waals surface area contributed by atoms with Crippen molar-refractivity contribution in [1.29, 1.82) is 0 Å². The van der Waals surface area contributed by atoms with Crippen LogP contribution in [0.15, 0.2) is 30.4 Å². The second-order valence-corrected chi connectivity index (χ2v) is 4.49. The molecule has 14 heavy (non-hydrogen) atoms. The van der Waals surface area contributed by atoms with E-state index in [2.05, 4.69) is 4.98 Å². The third kappa shape index (κ3) is 4.20. The molecule has 6 heteroatoms. The van der Waals surface area contributed by atoms with E-state index in [0.717, 1.165) is 0 Å². The van der Waals surface area contributed by atoms with Crippen LogP contribution in [0.3, 0.4) is 0 Å². The van der Waals surface area contributed by atoms with Gasteiger partial charge in [0.15, 0.2) is 0 Å². The van der Waals surface area contributed by atoms with E-state index in [4.69, 9.17) is 4.55 Å². The zero-order chi connectivity index (χ0) is 10.6. The summed E-state index contributed by atoms with van der Waals surface area (Å²) in [6.45, 7) is 2.21. The highest BCUT2D eigenvalue weighted by Crippen LogP contribution is 1.99. The Morgan fingerprint density at radius 2 is 2.36 bits per heavy atom. The average Bonchev–Trinajstić information content (AvgIpc) is 2.49. The summed E-state index contributed by atoms with van der Waals surface area (Å²) in [7, 11) is -3.91. The SMILES string of the molecule is C/C(=C\Cn1ccnc1)CS(=O)(=O)O. The fourth-order valence-corrected chi connectivity index (χ4v) is 1.70. The molecule has 0 saturated heterocycles. The Morgan fingerprint density at radius 1 is 1.64 bits per heavy atom. The van der Waals surface area contributed by atoms with Gasteiger partial charge in [0.25, 0.3) is 10.1 Å². The molecule has 0 aliphatic carbocycles. The maximum absolute atomic E-state index is 10.5. The molecule has 1 heterocycles. The molecule has 1 N–H and O–H groups in total. The summed E-state index contributed by atoms with van der Waals surface area (Å²) in [5.74, 6) is -0.318. The van der Waals surface area contributed by atoms with Crippen LogP contribution in [0.1, 0.15) is 6.92 Å². The minimum absolute atomic E-state index is 0.318. The average molecular weight is 216 g/mol. The highest BCUT2D eigenvalue weighted by Gasteiger charge is 2.04. The molecule has 0 aliphatic heterocycles. The first-order valence-electron chi connectivity index (χ1n) is 4.04. The Morgan fingerprint density at radius 3 is 2.86 bits per heavy atom. The molecule has 0 saturated carbocycles. The van der Waals surface area contributed by atoms with Crippen molar-refractivity contribution in [3.05, 3.63) is 30.4 Å². The number of allylic oxidation sites excluding steroid dienone is 1. The topological polar surface area (TPSA) is 72.2 Å². The van der Waals surface area contributed by atoms with Crippen LogP contribution in [0.2, 0.25) is 0 Å². The molecule has 1 aromatic rings. The van der Waals surface area contributed by atoms with Gasteiger partial charge in [0.05, 0.1) is 12.1 Å². The van der Waals surface area contributed by atoms with Crippen LogP contribution < -0.4 is 0 Å². The summed E-state index contributed by atoms with van der Waals surface area (Å²) >= 11 is 0. The second-order valence-electron chi connectivity index (χ2n) is 3.04. The van der Waals surface area contributed by atoms with Crippen molar-refractivity contribution in [3.8, 4) is 0 Å². The lowest BCUT2D eigenvalue weighted by atomic mass is 10.3. The van der Waals surface area contributed by atoms with E-state index >= 15 is 0 Å². The van der Waals surface area contributed by atoms with Crippen LogP contribution in [-0.4, -0.2) is 28.3 Å². The van der Waals surface area contributed by atoms with Gasteiger partial charge in [-0.25, -0.2) is 4.98 Å². The first-order chi connectivity index (χ1) is 6.47. The van der Waals surface area contributed by atoms with Crippen molar-refractivity contribution >= 4 is 10.1 Å². The molecule has 0 radical (unpaired) electrons. The Bertz CT molecular complexity index is 406. The van der Waals surface area contributed by atoms with E-state index in [1.165, 1.54) is 0 Å². The van der Waals surface area contributed by atoms with Gasteiger partial charge in [-0.05, 0) is 6.92 Å². The molecule has 0 unspecified atom stereocenters. The van der Waals surface area contributed by atoms with Gasteiger partial charge in [0.1, 0.15) is 0 Å². The Hall–Kier alpha value is -1.14. The molecule has 5 nitrogen and oxygen atoms in total. The lowest BCUT2D eigenvalue weighted by molar-refractivity contribution is 0.485. The maximum atomic E-state index is 10.5. The molecule has 0 atom stereocenters. The van der Waals surface area contributed by atoms with Crippen molar-refractivity contribution < 1.29 is 13.0 Å². The molecule has 0 amide bonds. The van der Waals surface area contributed by atoms with E-state index in [0.29, 0.717) is 12.1 Å². The zero-order valence-electron chi connectivity index (χ0n) is 7.79. The van der Waals surface area contributed by atoms with Crippen LogP contribution in [0, 0.1) is 0 Å². The van der Waals surface area contributed by atoms with Gasteiger partial charge in [-0.2, -0.15) is 8.42 Å². The number of aromatic nitrogens is 2. The third-order valence-corrected chi connectivity index (χ3v) is 2.44. The Kier molecular flexibility index (Phi) is 3.43. The highest BCUT2D eigenvalue weighted by molar-refractivity contribution is 7.85.